The Bertz CT molecular complexity index is 818. The minimum Gasteiger partial charge on any atom is -0.403 e. The van der Waals surface area contributed by atoms with Crippen molar-refractivity contribution in [2.45, 2.75) is 39.2 Å². The minimum atomic E-state index is 0.126. The average Bonchev–Trinajstić information content (AvgIpc) is 3.19. The molecule has 0 unspecified atom stereocenters. The number of nitrogens with zero attached hydrogens (tertiary/aromatic N) is 2. The highest BCUT2D eigenvalue weighted by atomic mass is 16.4. The number of anilines is 1. The van der Waals surface area contributed by atoms with E-state index >= 15 is 0 Å². The van der Waals surface area contributed by atoms with E-state index in [0.29, 0.717) is 11.9 Å². The lowest BCUT2D eigenvalue weighted by Crippen LogP contribution is -2.22. The van der Waals surface area contributed by atoms with Gasteiger partial charge in [0.15, 0.2) is 0 Å². The van der Waals surface area contributed by atoms with Gasteiger partial charge in [-0.2, -0.15) is 0 Å². The zero-order valence-corrected chi connectivity index (χ0v) is 13.8. The second-order valence-corrected chi connectivity index (χ2v) is 6.67. The van der Waals surface area contributed by atoms with Gasteiger partial charge in [-0.15, -0.1) is 5.10 Å². The van der Waals surface area contributed by atoms with Gasteiger partial charge in [0.2, 0.25) is 11.8 Å². The number of benzene rings is 1. The highest BCUT2D eigenvalue weighted by molar-refractivity contribution is 5.91. The summed E-state index contributed by atoms with van der Waals surface area (Å²) in [7, 11) is 0. The Kier molecular flexibility index (Phi) is 3.59. The number of amides is 1. The number of rotatable bonds is 5. The molecule has 4 rings (SSSR count). The third-order valence-corrected chi connectivity index (χ3v) is 4.22. The quantitative estimate of drug-likeness (QED) is 0.884. The largest absolute Gasteiger partial charge is 0.403 e. The first kappa shape index (κ1) is 14.9. The lowest BCUT2D eigenvalue weighted by atomic mass is 10.0. The molecule has 2 aromatic rings. The van der Waals surface area contributed by atoms with Crippen molar-refractivity contribution in [2.24, 2.45) is 5.92 Å². The molecule has 1 saturated carbocycles. The van der Waals surface area contributed by atoms with E-state index in [0.717, 1.165) is 36.1 Å². The normalized spacial score (nSPS) is 16.0. The van der Waals surface area contributed by atoms with Crippen LogP contribution in [0.2, 0.25) is 0 Å². The van der Waals surface area contributed by atoms with Gasteiger partial charge in [0.1, 0.15) is 0 Å². The first-order valence-corrected chi connectivity index (χ1v) is 8.35. The molecule has 1 aromatic heterocycles. The van der Waals surface area contributed by atoms with E-state index in [1.807, 2.05) is 26.0 Å². The van der Waals surface area contributed by atoms with Gasteiger partial charge in [0, 0.05) is 28.8 Å². The standard InChI is InChI=1S/C18H20N4O2/c1-10(2)19-18-22-21-17(24-18)13-6-3-11-7-8-15(14(11)9-13)20-16(23)12-4-5-12/h3,6,8-10,12H,4-5,7H2,1-2H3,(H,19,22)(H,20,23). The maximum Gasteiger partial charge on any atom is 0.315 e. The van der Waals surface area contributed by atoms with Crippen molar-refractivity contribution in [3.05, 3.63) is 35.4 Å². The molecule has 6 heteroatoms. The molecule has 0 saturated heterocycles. The second-order valence-electron chi connectivity index (χ2n) is 6.67. The number of carbonyl (C=O) groups is 1. The number of nitrogens with one attached hydrogen (secondary N) is 2. The van der Waals surface area contributed by atoms with Gasteiger partial charge in [0.25, 0.3) is 0 Å². The van der Waals surface area contributed by atoms with E-state index in [9.17, 15) is 4.79 Å². The maximum atomic E-state index is 12.0. The van der Waals surface area contributed by atoms with Crippen LogP contribution in [0.3, 0.4) is 0 Å². The zero-order chi connectivity index (χ0) is 16.7. The molecule has 1 aromatic carbocycles. The molecule has 1 amide bonds. The number of allylic oxidation sites excluding steroid dienone is 1. The molecule has 1 fully saturated rings. The summed E-state index contributed by atoms with van der Waals surface area (Å²) in [6.07, 6.45) is 4.90. The molecule has 0 radical (unpaired) electrons. The molecule has 2 aliphatic carbocycles. The zero-order valence-electron chi connectivity index (χ0n) is 13.8. The minimum absolute atomic E-state index is 0.126. The van der Waals surface area contributed by atoms with Gasteiger partial charge in [-0.05, 0) is 50.8 Å². The number of hydrogen-bond donors (Lipinski definition) is 2. The summed E-state index contributed by atoms with van der Waals surface area (Å²) in [4.78, 5) is 12.0. The molecule has 2 aliphatic rings. The van der Waals surface area contributed by atoms with Crippen molar-refractivity contribution in [3.63, 3.8) is 0 Å². The molecule has 0 spiro atoms. The van der Waals surface area contributed by atoms with E-state index in [4.69, 9.17) is 4.42 Å². The topological polar surface area (TPSA) is 80.0 Å². The third-order valence-electron chi connectivity index (χ3n) is 4.22. The molecule has 6 nitrogen and oxygen atoms in total. The van der Waals surface area contributed by atoms with Crippen LogP contribution in [0.15, 0.2) is 28.7 Å². The summed E-state index contributed by atoms with van der Waals surface area (Å²) in [6, 6.07) is 6.68. The molecule has 0 bridgehead atoms. The molecular formula is C18H20N4O2. The van der Waals surface area contributed by atoms with Crippen LogP contribution in [0.4, 0.5) is 6.01 Å². The van der Waals surface area contributed by atoms with Crippen LogP contribution in [-0.2, 0) is 11.2 Å². The smallest absolute Gasteiger partial charge is 0.315 e. The van der Waals surface area contributed by atoms with Gasteiger partial charge >= 0.3 is 6.01 Å². The maximum absolute atomic E-state index is 12.0. The van der Waals surface area contributed by atoms with Crippen LogP contribution in [0.5, 0.6) is 0 Å². The van der Waals surface area contributed by atoms with Crippen molar-refractivity contribution in [1.82, 2.24) is 15.5 Å². The summed E-state index contributed by atoms with van der Waals surface area (Å²) in [5.41, 5.74) is 3.98. The molecule has 0 aliphatic heterocycles. The van der Waals surface area contributed by atoms with Crippen LogP contribution < -0.4 is 10.6 Å². The second kappa shape index (κ2) is 5.78. The summed E-state index contributed by atoms with van der Waals surface area (Å²) >= 11 is 0. The number of fused-ring (bicyclic) bond motifs is 1. The fourth-order valence-corrected chi connectivity index (χ4v) is 2.80. The Morgan fingerprint density at radius 1 is 1.29 bits per heavy atom. The summed E-state index contributed by atoms with van der Waals surface area (Å²) in [5, 5.41) is 14.3. The number of carbonyl (C=O) groups excluding carboxylic acids is 1. The number of hydrogen-bond acceptors (Lipinski definition) is 5. The monoisotopic (exact) mass is 324 g/mol. The predicted octanol–water partition coefficient (Wildman–Crippen LogP) is 2.98. The summed E-state index contributed by atoms with van der Waals surface area (Å²) in [6.45, 7) is 4.03. The van der Waals surface area contributed by atoms with Crippen LogP contribution >= 0.6 is 0 Å². The molecule has 1 heterocycles. The van der Waals surface area contributed by atoms with Crippen LogP contribution in [0.25, 0.3) is 17.2 Å². The Morgan fingerprint density at radius 3 is 2.88 bits per heavy atom. The Hall–Kier alpha value is -2.63. The average molecular weight is 324 g/mol. The van der Waals surface area contributed by atoms with Gasteiger partial charge in [-0.3, -0.25) is 4.79 Å². The number of aromatic nitrogens is 2. The van der Waals surface area contributed by atoms with E-state index in [2.05, 4.69) is 33.0 Å². The first-order chi connectivity index (χ1) is 11.6. The van der Waals surface area contributed by atoms with E-state index in [1.165, 1.54) is 5.56 Å². The molecular weight excluding hydrogens is 304 g/mol. The highest BCUT2D eigenvalue weighted by Crippen LogP contribution is 2.33. The summed E-state index contributed by atoms with van der Waals surface area (Å²) in [5.74, 6) is 0.792. The Labute approximate surface area is 140 Å². The lowest BCUT2D eigenvalue weighted by Gasteiger charge is -2.09. The van der Waals surface area contributed by atoms with Gasteiger partial charge in [-0.1, -0.05) is 17.2 Å². The van der Waals surface area contributed by atoms with Crippen molar-refractivity contribution in [1.29, 1.82) is 0 Å². The van der Waals surface area contributed by atoms with E-state index < -0.39 is 0 Å². The SMILES string of the molecule is CC(C)Nc1nnc(-c2ccc3c(c2)C(NC(=O)C2CC2)=CC3)o1. The predicted molar refractivity (Wildman–Crippen MR) is 91.0 cm³/mol. The van der Waals surface area contributed by atoms with E-state index in [1.54, 1.807) is 0 Å². The van der Waals surface area contributed by atoms with Crippen molar-refractivity contribution in [2.75, 3.05) is 5.32 Å². The fraction of sp³-hybridized carbons (Fsp3) is 0.389. The molecule has 0 atom stereocenters. The van der Waals surface area contributed by atoms with Crippen molar-refractivity contribution >= 4 is 17.6 Å². The van der Waals surface area contributed by atoms with Gasteiger partial charge in [0.05, 0.1) is 0 Å². The lowest BCUT2D eigenvalue weighted by molar-refractivity contribution is -0.121. The third kappa shape index (κ3) is 2.91. The van der Waals surface area contributed by atoms with Gasteiger partial charge in [-0.25, -0.2) is 0 Å². The molecule has 124 valence electrons. The fourth-order valence-electron chi connectivity index (χ4n) is 2.80. The Morgan fingerprint density at radius 2 is 2.12 bits per heavy atom. The molecule has 2 N–H and O–H groups in total. The van der Waals surface area contributed by atoms with Crippen molar-refractivity contribution in [3.8, 4) is 11.5 Å². The summed E-state index contributed by atoms with van der Waals surface area (Å²) < 4.78 is 5.66. The van der Waals surface area contributed by atoms with Crippen molar-refractivity contribution < 1.29 is 9.21 Å². The van der Waals surface area contributed by atoms with Gasteiger partial charge < -0.3 is 15.1 Å². The van der Waals surface area contributed by atoms with Crippen LogP contribution in [0.1, 0.15) is 37.8 Å². The van der Waals surface area contributed by atoms with Crippen LogP contribution in [0, 0.1) is 5.92 Å². The van der Waals surface area contributed by atoms with Crippen LogP contribution in [-0.4, -0.2) is 22.1 Å². The first-order valence-electron chi connectivity index (χ1n) is 8.35. The van der Waals surface area contributed by atoms with E-state index in [-0.39, 0.29) is 17.9 Å². The highest BCUT2D eigenvalue weighted by Gasteiger charge is 2.31. The molecule has 24 heavy (non-hydrogen) atoms. The Balaban J connectivity index is 1.57.